The summed E-state index contributed by atoms with van der Waals surface area (Å²) in [6.45, 7) is 1.24. The molecule has 1 unspecified atom stereocenters. The van der Waals surface area contributed by atoms with E-state index in [4.69, 9.17) is 16.3 Å². The number of carbonyl (C=O) groups is 2. The first-order valence-corrected chi connectivity index (χ1v) is 15.6. The van der Waals surface area contributed by atoms with Gasteiger partial charge >= 0.3 is 0 Å². The molecule has 0 heterocycles. The van der Waals surface area contributed by atoms with Gasteiger partial charge in [0.25, 0.3) is 10.0 Å². The van der Waals surface area contributed by atoms with Crippen molar-refractivity contribution in [3.05, 3.63) is 89.4 Å². The van der Waals surface area contributed by atoms with Crippen LogP contribution in [0.4, 0.5) is 5.69 Å². The van der Waals surface area contributed by atoms with E-state index in [-0.39, 0.29) is 39.8 Å². The Balaban J connectivity index is 1.70. The van der Waals surface area contributed by atoms with Crippen molar-refractivity contribution >= 4 is 39.1 Å². The van der Waals surface area contributed by atoms with Crippen LogP contribution >= 0.6 is 11.6 Å². The number of hydrogen-bond donors (Lipinski definition) is 1. The fourth-order valence-corrected chi connectivity index (χ4v) is 6.63. The van der Waals surface area contributed by atoms with Crippen LogP contribution in [0.2, 0.25) is 5.02 Å². The fourth-order valence-electron chi connectivity index (χ4n) is 5.02. The molecule has 0 bridgehead atoms. The lowest BCUT2D eigenvalue weighted by atomic mass is 9.95. The van der Waals surface area contributed by atoms with Crippen LogP contribution in [0.25, 0.3) is 0 Å². The van der Waals surface area contributed by atoms with Crippen molar-refractivity contribution in [2.75, 3.05) is 18.0 Å². The highest BCUT2D eigenvalue weighted by Gasteiger charge is 2.34. The van der Waals surface area contributed by atoms with Gasteiger partial charge in [0, 0.05) is 17.6 Å². The lowest BCUT2D eigenvalue weighted by Gasteiger charge is -2.33. The largest absolute Gasteiger partial charge is 0.495 e. The standard InChI is InChI=1S/C31H36ClN3O5S/c1-23(31(37)33-26-14-8-4-9-15-26)34(21-24-12-6-3-7-13-24)30(36)22-35(28-20-25(32)18-19-29(28)40-2)41(38,39)27-16-10-5-11-17-27/h3,5-7,10-13,16-20,23,26H,4,8-9,14-15,21-22H2,1-2H3,(H,33,37). The predicted octanol–water partition coefficient (Wildman–Crippen LogP) is 5.41. The van der Waals surface area contributed by atoms with Gasteiger partial charge in [-0.25, -0.2) is 8.42 Å². The van der Waals surface area contributed by atoms with Gasteiger partial charge in [-0.2, -0.15) is 0 Å². The van der Waals surface area contributed by atoms with Crippen LogP contribution in [-0.4, -0.2) is 50.9 Å². The second kappa shape index (κ2) is 13.9. The van der Waals surface area contributed by atoms with Gasteiger partial charge in [0.05, 0.1) is 17.7 Å². The van der Waals surface area contributed by atoms with Gasteiger partial charge < -0.3 is 15.0 Å². The van der Waals surface area contributed by atoms with E-state index in [1.807, 2.05) is 30.3 Å². The first kappa shape index (κ1) is 30.4. The summed E-state index contributed by atoms with van der Waals surface area (Å²) in [5, 5.41) is 3.38. The summed E-state index contributed by atoms with van der Waals surface area (Å²) in [6, 6.07) is 21.0. The van der Waals surface area contributed by atoms with Crippen molar-refractivity contribution in [2.24, 2.45) is 0 Å². The molecule has 1 aliphatic rings. The number of nitrogens with one attached hydrogen (secondary N) is 1. The summed E-state index contributed by atoms with van der Waals surface area (Å²) in [4.78, 5) is 28.9. The molecule has 3 aromatic rings. The first-order chi connectivity index (χ1) is 19.7. The van der Waals surface area contributed by atoms with E-state index in [1.165, 1.54) is 30.2 Å². The van der Waals surface area contributed by atoms with Crippen molar-refractivity contribution < 1.29 is 22.7 Å². The van der Waals surface area contributed by atoms with Crippen LogP contribution in [0.15, 0.2) is 83.8 Å². The Labute approximate surface area is 247 Å². The van der Waals surface area contributed by atoms with Crippen LogP contribution < -0.4 is 14.4 Å². The predicted molar refractivity (Wildman–Crippen MR) is 160 cm³/mol. The highest BCUT2D eigenvalue weighted by molar-refractivity contribution is 7.92. The summed E-state index contributed by atoms with van der Waals surface area (Å²) >= 11 is 6.28. The zero-order chi connectivity index (χ0) is 29.4. The molecule has 1 atom stereocenters. The molecule has 1 N–H and O–H groups in total. The first-order valence-electron chi connectivity index (χ1n) is 13.8. The van der Waals surface area contributed by atoms with Gasteiger partial charge in [0.2, 0.25) is 11.8 Å². The Morgan fingerprint density at radius 2 is 1.61 bits per heavy atom. The van der Waals surface area contributed by atoms with Crippen molar-refractivity contribution in [3.63, 3.8) is 0 Å². The molecular formula is C31H36ClN3O5S. The Kier molecular flexibility index (Phi) is 10.3. The van der Waals surface area contributed by atoms with Crippen LogP contribution in [0.1, 0.15) is 44.6 Å². The molecule has 3 aromatic carbocycles. The number of ether oxygens (including phenoxy) is 1. The summed E-state index contributed by atoms with van der Waals surface area (Å²) in [5.41, 5.74) is 0.937. The number of anilines is 1. The third kappa shape index (κ3) is 7.59. The molecule has 0 aromatic heterocycles. The lowest BCUT2D eigenvalue weighted by Crippen LogP contribution is -2.53. The molecule has 218 valence electrons. The molecule has 0 aliphatic heterocycles. The number of halogens is 1. The maximum Gasteiger partial charge on any atom is 0.264 e. The minimum absolute atomic E-state index is 0.00697. The Bertz CT molecular complexity index is 1430. The maximum atomic E-state index is 14.1. The normalized spacial score (nSPS) is 14.6. The Morgan fingerprint density at radius 1 is 0.976 bits per heavy atom. The SMILES string of the molecule is COc1ccc(Cl)cc1N(CC(=O)N(Cc1ccccc1)C(C)C(=O)NC1CCCCC1)S(=O)(=O)c1ccccc1. The number of sulfonamides is 1. The van der Waals surface area contributed by atoms with Gasteiger partial charge in [-0.3, -0.25) is 13.9 Å². The minimum atomic E-state index is -4.23. The zero-order valence-electron chi connectivity index (χ0n) is 23.3. The third-order valence-electron chi connectivity index (χ3n) is 7.33. The van der Waals surface area contributed by atoms with Crippen LogP contribution in [0, 0.1) is 0 Å². The molecule has 0 radical (unpaired) electrons. The van der Waals surface area contributed by atoms with Gasteiger partial charge in [-0.15, -0.1) is 0 Å². The molecule has 4 rings (SSSR count). The molecule has 2 amide bonds. The Hall–Kier alpha value is -3.56. The van der Waals surface area contributed by atoms with Gasteiger partial charge in [0.15, 0.2) is 0 Å². The van der Waals surface area contributed by atoms with E-state index in [0.29, 0.717) is 0 Å². The monoisotopic (exact) mass is 597 g/mol. The van der Waals surface area contributed by atoms with Crippen LogP contribution in [0.5, 0.6) is 5.75 Å². The van der Waals surface area contributed by atoms with E-state index in [9.17, 15) is 18.0 Å². The summed E-state index contributed by atoms with van der Waals surface area (Å²) < 4.78 is 34.4. The molecule has 1 fully saturated rings. The third-order valence-corrected chi connectivity index (χ3v) is 9.34. The van der Waals surface area contributed by atoms with E-state index >= 15 is 0 Å². The van der Waals surface area contributed by atoms with Crippen molar-refractivity contribution in [1.82, 2.24) is 10.2 Å². The number of rotatable bonds is 11. The molecule has 1 aliphatic carbocycles. The fraction of sp³-hybridized carbons (Fsp3) is 0.355. The van der Waals surface area contributed by atoms with Crippen molar-refractivity contribution in [3.8, 4) is 5.75 Å². The highest BCUT2D eigenvalue weighted by atomic mass is 35.5. The van der Waals surface area contributed by atoms with Gasteiger partial charge in [-0.05, 0) is 55.7 Å². The van der Waals surface area contributed by atoms with E-state index in [0.717, 1.165) is 42.0 Å². The smallest absolute Gasteiger partial charge is 0.264 e. The average Bonchev–Trinajstić information content (AvgIpc) is 2.99. The van der Waals surface area contributed by atoms with Crippen LogP contribution in [-0.2, 0) is 26.2 Å². The Morgan fingerprint density at radius 3 is 2.24 bits per heavy atom. The lowest BCUT2D eigenvalue weighted by molar-refractivity contribution is -0.139. The minimum Gasteiger partial charge on any atom is -0.495 e. The molecule has 0 saturated heterocycles. The maximum absolute atomic E-state index is 14.1. The molecular weight excluding hydrogens is 562 g/mol. The molecule has 8 nitrogen and oxygen atoms in total. The number of nitrogens with zero attached hydrogens (tertiary/aromatic N) is 2. The summed E-state index contributed by atoms with van der Waals surface area (Å²) in [6.07, 6.45) is 5.07. The molecule has 10 heteroatoms. The average molecular weight is 598 g/mol. The van der Waals surface area contributed by atoms with Crippen molar-refractivity contribution in [2.45, 2.75) is 62.6 Å². The van der Waals surface area contributed by atoms with Crippen molar-refractivity contribution in [1.29, 1.82) is 0 Å². The molecule has 0 spiro atoms. The van der Waals surface area contributed by atoms with E-state index < -0.39 is 28.5 Å². The van der Waals surface area contributed by atoms with Crippen LogP contribution in [0.3, 0.4) is 0 Å². The number of amides is 2. The van der Waals surface area contributed by atoms with Gasteiger partial charge in [0.1, 0.15) is 18.3 Å². The molecule has 41 heavy (non-hydrogen) atoms. The number of carbonyl (C=O) groups excluding carboxylic acids is 2. The van der Waals surface area contributed by atoms with Gasteiger partial charge in [-0.1, -0.05) is 79.4 Å². The van der Waals surface area contributed by atoms with E-state index in [1.54, 1.807) is 37.3 Å². The highest BCUT2D eigenvalue weighted by Crippen LogP contribution is 2.35. The summed E-state index contributed by atoms with van der Waals surface area (Å²) in [5.74, 6) is -0.569. The zero-order valence-corrected chi connectivity index (χ0v) is 24.9. The second-order valence-electron chi connectivity index (χ2n) is 10.2. The number of hydrogen-bond acceptors (Lipinski definition) is 5. The second-order valence-corrected chi connectivity index (χ2v) is 12.5. The number of methoxy groups -OCH3 is 1. The quantitative estimate of drug-likeness (QED) is 0.319. The van der Waals surface area contributed by atoms with E-state index in [2.05, 4.69) is 5.32 Å². The molecule has 1 saturated carbocycles. The number of benzene rings is 3. The topological polar surface area (TPSA) is 96.0 Å². The summed E-state index contributed by atoms with van der Waals surface area (Å²) in [7, 11) is -2.81.